The Balaban J connectivity index is 1.44. The zero-order valence-electron chi connectivity index (χ0n) is 15.1. The van der Waals surface area contributed by atoms with Crippen LogP contribution in [-0.2, 0) is 4.79 Å². The van der Waals surface area contributed by atoms with Gasteiger partial charge in [0, 0.05) is 17.4 Å². The number of nitrogens with one attached hydrogen (secondary N) is 1. The summed E-state index contributed by atoms with van der Waals surface area (Å²) in [5.41, 5.74) is 0.922. The van der Waals surface area contributed by atoms with E-state index in [9.17, 15) is 13.6 Å². The Morgan fingerprint density at radius 3 is 2.57 bits per heavy atom. The summed E-state index contributed by atoms with van der Waals surface area (Å²) in [7, 11) is 1.60. The van der Waals surface area contributed by atoms with Gasteiger partial charge >= 0.3 is 0 Å². The molecule has 0 fully saturated rings. The van der Waals surface area contributed by atoms with E-state index in [-0.39, 0.29) is 12.3 Å². The van der Waals surface area contributed by atoms with Crippen molar-refractivity contribution in [3.05, 3.63) is 59.5 Å². The minimum absolute atomic E-state index is 0.190. The largest absolute Gasteiger partial charge is 0.497 e. The third kappa shape index (κ3) is 5.26. The molecule has 0 atom stereocenters. The number of methoxy groups -OCH3 is 1. The average Bonchev–Trinajstić information content (AvgIpc) is 3.16. The number of ether oxygens (including phenoxy) is 2. The SMILES string of the molecule is COc1ccc(OCCCC(=O)Nc2nc(-c3ccc(F)c(F)c3)cs2)cc1. The van der Waals surface area contributed by atoms with E-state index in [1.807, 2.05) is 0 Å². The van der Waals surface area contributed by atoms with Crippen molar-refractivity contribution in [3.63, 3.8) is 0 Å². The molecule has 0 unspecified atom stereocenters. The average molecular weight is 404 g/mol. The van der Waals surface area contributed by atoms with Crippen LogP contribution in [0.25, 0.3) is 11.3 Å². The lowest BCUT2D eigenvalue weighted by atomic mass is 10.2. The number of thiazole rings is 1. The van der Waals surface area contributed by atoms with Crippen molar-refractivity contribution in [2.24, 2.45) is 0 Å². The maximum Gasteiger partial charge on any atom is 0.226 e. The maximum absolute atomic E-state index is 13.3. The minimum Gasteiger partial charge on any atom is -0.497 e. The van der Waals surface area contributed by atoms with E-state index >= 15 is 0 Å². The van der Waals surface area contributed by atoms with Gasteiger partial charge in [-0.1, -0.05) is 0 Å². The molecule has 1 heterocycles. The molecule has 1 amide bonds. The normalized spacial score (nSPS) is 10.5. The maximum atomic E-state index is 13.3. The van der Waals surface area contributed by atoms with Crippen LogP contribution >= 0.6 is 11.3 Å². The summed E-state index contributed by atoms with van der Waals surface area (Å²) >= 11 is 1.22. The molecule has 146 valence electrons. The van der Waals surface area contributed by atoms with Crippen LogP contribution in [0.1, 0.15) is 12.8 Å². The second-order valence-corrected chi connectivity index (χ2v) is 6.70. The van der Waals surface area contributed by atoms with Crippen LogP contribution < -0.4 is 14.8 Å². The van der Waals surface area contributed by atoms with Crippen molar-refractivity contribution >= 4 is 22.4 Å². The van der Waals surface area contributed by atoms with Gasteiger partial charge in [0.05, 0.1) is 19.4 Å². The number of nitrogens with zero attached hydrogens (tertiary/aromatic N) is 1. The van der Waals surface area contributed by atoms with Gasteiger partial charge in [-0.2, -0.15) is 0 Å². The summed E-state index contributed by atoms with van der Waals surface area (Å²) in [6.07, 6.45) is 0.815. The molecule has 5 nitrogen and oxygen atoms in total. The summed E-state index contributed by atoms with van der Waals surface area (Å²) in [5.74, 6) is -0.586. The Bertz CT molecular complexity index is 945. The Morgan fingerprint density at radius 2 is 1.86 bits per heavy atom. The molecule has 2 aromatic carbocycles. The van der Waals surface area contributed by atoms with Crippen molar-refractivity contribution in [2.75, 3.05) is 19.0 Å². The zero-order valence-corrected chi connectivity index (χ0v) is 15.9. The molecular formula is C20H18F2N2O3S. The zero-order chi connectivity index (χ0) is 19.9. The van der Waals surface area contributed by atoms with E-state index in [0.29, 0.717) is 35.2 Å². The Hall–Kier alpha value is -3.00. The summed E-state index contributed by atoms with van der Waals surface area (Å²) in [6.45, 7) is 0.401. The van der Waals surface area contributed by atoms with Gasteiger partial charge in [0.2, 0.25) is 5.91 Å². The van der Waals surface area contributed by atoms with Crippen molar-refractivity contribution < 1.29 is 23.0 Å². The summed E-state index contributed by atoms with van der Waals surface area (Å²) in [6, 6.07) is 10.8. The molecule has 0 spiro atoms. The monoisotopic (exact) mass is 404 g/mol. The third-order valence-corrected chi connectivity index (χ3v) is 4.60. The molecule has 8 heteroatoms. The first-order valence-corrected chi connectivity index (χ1v) is 9.41. The lowest BCUT2D eigenvalue weighted by Crippen LogP contribution is -2.12. The molecule has 0 aliphatic heterocycles. The Kier molecular flexibility index (Phi) is 6.54. The summed E-state index contributed by atoms with van der Waals surface area (Å²) in [4.78, 5) is 16.3. The van der Waals surface area contributed by atoms with Crippen molar-refractivity contribution in [3.8, 4) is 22.8 Å². The second-order valence-electron chi connectivity index (χ2n) is 5.84. The van der Waals surface area contributed by atoms with Crippen molar-refractivity contribution in [1.29, 1.82) is 0 Å². The number of hydrogen-bond donors (Lipinski definition) is 1. The quantitative estimate of drug-likeness (QED) is 0.543. The molecule has 1 aromatic heterocycles. The molecule has 1 N–H and O–H groups in total. The first-order chi connectivity index (χ1) is 13.5. The fraction of sp³-hybridized carbons (Fsp3) is 0.200. The minimum atomic E-state index is -0.937. The highest BCUT2D eigenvalue weighted by atomic mass is 32.1. The molecule has 0 aliphatic carbocycles. The van der Waals surface area contributed by atoms with Gasteiger partial charge < -0.3 is 14.8 Å². The van der Waals surface area contributed by atoms with Gasteiger partial charge in [0.25, 0.3) is 0 Å². The van der Waals surface area contributed by atoms with Crippen molar-refractivity contribution in [1.82, 2.24) is 4.98 Å². The number of benzene rings is 2. The van der Waals surface area contributed by atoms with Crippen LogP contribution in [0.15, 0.2) is 47.8 Å². The highest BCUT2D eigenvalue weighted by Gasteiger charge is 2.10. The fourth-order valence-electron chi connectivity index (χ4n) is 2.40. The molecule has 0 aliphatic rings. The van der Waals surface area contributed by atoms with Gasteiger partial charge in [-0.25, -0.2) is 13.8 Å². The number of hydrogen-bond acceptors (Lipinski definition) is 5. The van der Waals surface area contributed by atoms with Gasteiger partial charge in [-0.15, -0.1) is 11.3 Å². The number of anilines is 1. The van der Waals surface area contributed by atoms with Gasteiger partial charge in [0.15, 0.2) is 16.8 Å². The number of aromatic nitrogens is 1. The molecule has 0 saturated heterocycles. The predicted molar refractivity (Wildman–Crippen MR) is 104 cm³/mol. The highest BCUT2D eigenvalue weighted by Crippen LogP contribution is 2.26. The predicted octanol–water partition coefficient (Wildman–Crippen LogP) is 4.89. The van der Waals surface area contributed by atoms with Gasteiger partial charge in [0.1, 0.15) is 11.5 Å². The third-order valence-electron chi connectivity index (χ3n) is 3.84. The van der Waals surface area contributed by atoms with Crippen LogP contribution in [0.3, 0.4) is 0 Å². The van der Waals surface area contributed by atoms with E-state index in [0.717, 1.165) is 17.9 Å². The highest BCUT2D eigenvalue weighted by molar-refractivity contribution is 7.14. The lowest BCUT2D eigenvalue weighted by Gasteiger charge is -2.07. The fourth-order valence-corrected chi connectivity index (χ4v) is 3.13. The summed E-state index contributed by atoms with van der Waals surface area (Å²) in [5, 5.41) is 4.78. The molecule has 0 bridgehead atoms. The molecule has 3 aromatic rings. The van der Waals surface area contributed by atoms with Gasteiger partial charge in [-0.05, 0) is 48.9 Å². The van der Waals surface area contributed by atoms with Crippen LogP contribution in [0, 0.1) is 11.6 Å². The summed E-state index contributed by atoms with van der Waals surface area (Å²) < 4.78 is 37.0. The van der Waals surface area contributed by atoms with E-state index in [4.69, 9.17) is 9.47 Å². The number of carbonyl (C=O) groups excluding carboxylic acids is 1. The number of rotatable bonds is 8. The Morgan fingerprint density at radius 1 is 1.11 bits per heavy atom. The topological polar surface area (TPSA) is 60.5 Å². The van der Waals surface area contributed by atoms with Crippen LogP contribution in [0.5, 0.6) is 11.5 Å². The number of carbonyl (C=O) groups is 1. The van der Waals surface area contributed by atoms with E-state index in [1.165, 1.54) is 17.4 Å². The molecular weight excluding hydrogens is 386 g/mol. The molecule has 0 saturated carbocycles. The first kappa shape index (κ1) is 19.8. The number of amides is 1. The van der Waals surface area contributed by atoms with Crippen LogP contribution in [0.4, 0.5) is 13.9 Å². The Labute approximate surface area is 164 Å². The molecule has 0 radical (unpaired) electrons. The van der Waals surface area contributed by atoms with E-state index < -0.39 is 11.6 Å². The number of halogens is 2. The molecule has 28 heavy (non-hydrogen) atoms. The van der Waals surface area contributed by atoms with E-state index in [2.05, 4.69) is 10.3 Å². The van der Waals surface area contributed by atoms with Gasteiger partial charge in [-0.3, -0.25) is 4.79 Å². The smallest absolute Gasteiger partial charge is 0.226 e. The van der Waals surface area contributed by atoms with Crippen LogP contribution in [-0.4, -0.2) is 24.6 Å². The van der Waals surface area contributed by atoms with Crippen LogP contribution in [0.2, 0.25) is 0 Å². The first-order valence-electron chi connectivity index (χ1n) is 8.53. The lowest BCUT2D eigenvalue weighted by molar-refractivity contribution is -0.116. The molecule has 3 rings (SSSR count). The van der Waals surface area contributed by atoms with Crippen molar-refractivity contribution in [2.45, 2.75) is 12.8 Å². The second kappa shape index (κ2) is 9.27. The standard InChI is InChI=1S/C20H18F2N2O3S/c1-26-14-5-7-15(8-6-14)27-10-2-3-19(25)24-20-23-18(12-28-20)13-4-9-16(21)17(22)11-13/h4-9,11-12H,2-3,10H2,1H3,(H,23,24,25). The van der Waals surface area contributed by atoms with E-state index in [1.54, 1.807) is 36.8 Å².